The third kappa shape index (κ3) is 7.18. The van der Waals surface area contributed by atoms with Crippen LogP contribution in [0.25, 0.3) is 0 Å². The van der Waals surface area contributed by atoms with Crippen LogP contribution in [0.1, 0.15) is 31.0 Å². The zero-order valence-electron chi connectivity index (χ0n) is 15.0. The highest BCUT2D eigenvalue weighted by Crippen LogP contribution is 2.30. The zero-order valence-corrected chi connectivity index (χ0v) is 18.2. The molecular formula is C16H26F3IN4OS. The fourth-order valence-corrected chi connectivity index (χ4v) is 3.48. The number of alkyl halides is 3. The zero-order chi connectivity index (χ0) is 18.3. The highest BCUT2D eigenvalue weighted by molar-refractivity contribution is 14.0. The van der Waals surface area contributed by atoms with Crippen molar-refractivity contribution in [1.29, 1.82) is 0 Å². The number of hydrogen-bond donors (Lipinski definition) is 1. The van der Waals surface area contributed by atoms with Gasteiger partial charge in [-0.05, 0) is 20.3 Å². The Balaban J connectivity index is 0.00000338. The Morgan fingerprint density at radius 1 is 1.46 bits per heavy atom. The molecule has 1 saturated heterocycles. The van der Waals surface area contributed by atoms with Crippen LogP contribution in [0.2, 0.25) is 0 Å². The van der Waals surface area contributed by atoms with Gasteiger partial charge < -0.3 is 15.0 Å². The lowest BCUT2D eigenvalue weighted by Gasteiger charge is -2.21. The first-order chi connectivity index (χ1) is 11.9. The molecule has 1 fully saturated rings. The van der Waals surface area contributed by atoms with E-state index in [4.69, 9.17) is 4.74 Å². The van der Waals surface area contributed by atoms with Gasteiger partial charge >= 0.3 is 6.18 Å². The fourth-order valence-electron chi connectivity index (χ4n) is 2.68. The summed E-state index contributed by atoms with van der Waals surface area (Å²) in [4.78, 5) is 10.4. The first-order valence-electron chi connectivity index (χ1n) is 8.56. The Hall–Kier alpha value is -0.620. The standard InChI is InChI=1S/C16H25F3N4OS.HI/c1-3-20-15(23-8-6-12(9-23)10-24-4-2)21-7-5-14-22-13(11-25-14)16(17,18)19;/h11-12H,3-10H2,1-2H3,(H,20,21);1H. The van der Waals surface area contributed by atoms with Crippen LogP contribution in [0.5, 0.6) is 0 Å². The van der Waals surface area contributed by atoms with Crippen LogP contribution in [0.4, 0.5) is 13.2 Å². The number of aliphatic imine (C=N–C) groups is 1. The summed E-state index contributed by atoms with van der Waals surface area (Å²) in [7, 11) is 0. The number of guanidine groups is 1. The van der Waals surface area contributed by atoms with Crippen LogP contribution in [0.3, 0.4) is 0 Å². The molecule has 0 aliphatic carbocycles. The van der Waals surface area contributed by atoms with E-state index in [9.17, 15) is 13.2 Å². The van der Waals surface area contributed by atoms with Crippen molar-refractivity contribution in [3.8, 4) is 0 Å². The van der Waals surface area contributed by atoms with E-state index in [1.165, 1.54) is 0 Å². The van der Waals surface area contributed by atoms with Crippen molar-refractivity contribution in [2.24, 2.45) is 10.9 Å². The van der Waals surface area contributed by atoms with E-state index in [2.05, 4.69) is 20.2 Å². The van der Waals surface area contributed by atoms with Crippen molar-refractivity contribution < 1.29 is 17.9 Å². The van der Waals surface area contributed by atoms with Crippen LogP contribution in [0, 0.1) is 5.92 Å². The highest BCUT2D eigenvalue weighted by atomic mass is 127. The maximum Gasteiger partial charge on any atom is 0.434 e. The molecule has 0 saturated carbocycles. The second-order valence-electron chi connectivity index (χ2n) is 5.87. The van der Waals surface area contributed by atoms with Crippen LogP contribution < -0.4 is 5.32 Å². The largest absolute Gasteiger partial charge is 0.434 e. The van der Waals surface area contributed by atoms with Gasteiger partial charge in [-0.15, -0.1) is 35.3 Å². The second kappa shape index (κ2) is 11.3. The first kappa shape index (κ1) is 23.4. The average molecular weight is 506 g/mol. The summed E-state index contributed by atoms with van der Waals surface area (Å²) in [5.74, 6) is 1.31. The minimum atomic E-state index is -4.38. The molecule has 1 N–H and O–H groups in total. The molecule has 0 radical (unpaired) electrons. The molecular weight excluding hydrogens is 480 g/mol. The fraction of sp³-hybridized carbons (Fsp3) is 0.750. The van der Waals surface area contributed by atoms with Gasteiger partial charge in [0.1, 0.15) is 0 Å². The van der Waals surface area contributed by atoms with Crippen LogP contribution in [-0.4, -0.2) is 55.2 Å². The lowest BCUT2D eigenvalue weighted by atomic mass is 10.1. The van der Waals surface area contributed by atoms with E-state index in [-0.39, 0.29) is 24.0 Å². The van der Waals surface area contributed by atoms with E-state index < -0.39 is 11.9 Å². The van der Waals surface area contributed by atoms with Gasteiger partial charge in [-0.2, -0.15) is 13.2 Å². The molecule has 10 heteroatoms. The minimum Gasteiger partial charge on any atom is -0.381 e. The number of ether oxygens (including phenoxy) is 1. The molecule has 1 aliphatic heterocycles. The van der Waals surface area contributed by atoms with Gasteiger partial charge in [0, 0.05) is 50.5 Å². The molecule has 2 rings (SSSR count). The SMILES string of the molecule is CCNC(=NCCc1nc(C(F)(F)F)cs1)N1CCC(COCC)C1.I. The Morgan fingerprint density at radius 3 is 2.85 bits per heavy atom. The number of aromatic nitrogens is 1. The molecule has 1 aliphatic rings. The average Bonchev–Trinajstić information content (AvgIpc) is 3.21. The van der Waals surface area contributed by atoms with Gasteiger partial charge in [-0.25, -0.2) is 4.98 Å². The lowest BCUT2D eigenvalue weighted by Crippen LogP contribution is -2.40. The van der Waals surface area contributed by atoms with Gasteiger partial charge in [0.2, 0.25) is 0 Å². The number of halogens is 4. The van der Waals surface area contributed by atoms with E-state index in [0.717, 1.165) is 61.9 Å². The summed E-state index contributed by atoms with van der Waals surface area (Å²) in [5.41, 5.74) is -0.818. The topological polar surface area (TPSA) is 49.8 Å². The number of hydrogen-bond acceptors (Lipinski definition) is 4. The molecule has 26 heavy (non-hydrogen) atoms. The summed E-state index contributed by atoms with van der Waals surface area (Å²) in [6, 6.07) is 0. The molecule has 1 unspecified atom stereocenters. The van der Waals surface area contributed by atoms with Gasteiger partial charge in [0.25, 0.3) is 0 Å². The number of nitrogens with zero attached hydrogens (tertiary/aromatic N) is 3. The van der Waals surface area contributed by atoms with E-state index in [0.29, 0.717) is 23.9 Å². The van der Waals surface area contributed by atoms with Crippen LogP contribution in [-0.2, 0) is 17.3 Å². The molecule has 2 heterocycles. The van der Waals surface area contributed by atoms with E-state index in [1.807, 2.05) is 13.8 Å². The Labute approximate surface area is 173 Å². The second-order valence-corrected chi connectivity index (χ2v) is 6.81. The lowest BCUT2D eigenvalue weighted by molar-refractivity contribution is -0.140. The van der Waals surface area contributed by atoms with Gasteiger partial charge in [0.15, 0.2) is 11.7 Å². The first-order valence-corrected chi connectivity index (χ1v) is 9.44. The van der Waals surface area contributed by atoms with Crippen LogP contribution >= 0.6 is 35.3 Å². The Kier molecular flexibility index (Phi) is 10.2. The molecule has 0 bridgehead atoms. The predicted octanol–water partition coefficient (Wildman–Crippen LogP) is 3.65. The number of thiazole rings is 1. The third-order valence-corrected chi connectivity index (χ3v) is 4.82. The van der Waals surface area contributed by atoms with E-state index in [1.54, 1.807) is 0 Å². The van der Waals surface area contributed by atoms with Gasteiger partial charge in [-0.1, -0.05) is 0 Å². The Bertz CT molecular complexity index is 568. The monoisotopic (exact) mass is 506 g/mol. The third-order valence-electron chi connectivity index (χ3n) is 3.91. The summed E-state index contributed by atoms with van der Waals surface area (Å²) >= 11 is 1.03. The van der Waals surface area contributed by atoms with Gasteiger partial charge in [-0.3, -0.25) is 4.99 Å². The van der Waals surface area contributed by atoms with Crippen molar-refractivity contribution >= 4 is 41.3 Å². The summed E-state index contributed by atoms with van der Waals surface area (Å²) in [5, 5.41) is 4.77. The minimum absolute atomic E-state index is 0. The number of rotatable bonds is 7. The predicted molar refractivity (Wildman–Crippen MR) is 108 cm³/mol. The van der Waals surface area contributed by atoms with Crippen molar-refractivity contribution in [3.05, 3.63) is 16.1 Å². The van der Waals surface area contributed by atoms with E-state index >= 15 is 0 Å². The van der Waals surface area contributed by atoms with Crippen molar-refractivity contribution in [1.82, 2.24) is 15.2 Å². The summed E-state index contributed by atoms with van der Waals surface area (Å²) < 4.78 is 43.2. The smallest absolute Gasteiger partial charge is 0.381 e. The van der Waals surface area contributed by atoms with Gasteiger partial charge in [0.05, 0.1) is 11.6 Å². The molecule has 5 nitrogen and oxygen atoms in total. The van der Waals surface area contributed by atoms with Crippen molar-refractivity contribution in [2.45, 2.75) is 32.9 Å². The highest BCUT2D eigenvalue weighted by Gasteiger charge is 2.33. The quantitative estimate of drug-likeness (QED) is 0.349. The number of likely N-dealkylation sites (tertiary alicyclic amines) is 1. The molecule has 1 aromatic heterocycles. The van der Waals surface area contributed by atoms with Crippen molar-refractivity contribution in [2.75, 3.05) is 39.4 Å². The Morgan fingerprint density at radius 2 is 2.23 bits per heavy atom. The maximum atomic E-state index is 12.6. The molecule has 1 atom stereocenters. The van der Waals surface area contributed by atoms with Crippen LogP contribution in [0.15, 0.2) is 10.4 Å². The number of nitrogens with one attached hydrogen (secondary N) is 1. The summed E-state index contributed by atoms with van der Waals surface area (Å²) in [6.07, 6.45) is -2.91. The van der Waals surface area contributed by atoms with Crippen molar-refractivity contribution in [3.63, 3.8) is 0 Å². The molecule has 1 aromatic rings. The molecule has 0 aromatic carbocycles. The normalized spacial score (nSPS) is 18.1. The maximum absolute atomic E-state index is 12.6. The molecule has 0 spiro atoms. The molecule has 0 amide bonds. The molecule has 150 valence electrons. The summed E-state index contributed by atoms with van der Waals surface area (Å²) in [6.45, 7) is 8.44.